The summed E-state index contributed by atoms with van der Waals surface area (Å²) >= 11 is 0. The SMILES string of the molecule is CC(C)CCCCCCCCCCCC(O)CC(=O)N[C@@H](CCC(=O)O)C(=O)N[C@@H](CCCN)C(=O)N[C@H]1Cc2ccc(cc2)OC(=O)[C@H](C(C)C)NC(=O)[C@H](Cc2ccc(O)cc2)NC(=O)[C@H](CCC(N)=O)NC(=O)[C@@H]2CCCN2C(=O)[C@@H](C(C)C)NC(=O)[C@H](CCC(=O)O)NC(=O)[C@H]([C@@H](C)O)NC1=O. The Hall–Kier alpha value is -9.30. The number of fused-ring (bicyclic) bond motifs is 23. The number of benzene rings is 2. The average Bonchev–Trinajstić information content (AvgIpc) is 1.56. The first kappa shape index (κ1) is 89.1. The number of aliphatic hydroxyl groups excluding tert-OH is 2. The average molecular weight is 1490 g/mol. The zero-order valence-electron chi connectivity index (χ0n) is 62.1. The molecule has 0 aromatic heterocycles. The van der Waals surface area contributed by atoms with Crippen LogP contribution in [0.15, 0.2) is 48.5 Å². The van der Waals surface area contributed by atoms with Crippen molar-refractivity contribution >= 4 is 82.9 Å². The molecule has 11 amide bonds. The number of carbonyl (C=O) groups is 14. The first-order valence-corrected chi connectivity index (χ1v) is 37.1. The van der Waals surface area contributed by atoms with Gasteiger partial charge in [0, 0.05) is 38.6 Å². The molecule has 0 aliphatic carbocycles. The molecule has 3 aliphatic rings. The van der Waals surface area contributed by atoms with E-state index in [2.05, 4.69) is 61.7 Å². The fourth-order valence-electron chi connectivity index (χ4n) is 12.4. The maximum Gasteiger partial charge on any atom is 0.334 e. The number of phenols is 1. The molecule has 2 bridgehead atoms. The summed E-state index contributed by atoms with van der Waals surface area (Å²) in [5.74, 6) is -15.5. The smallest absolute Gasteiger partial charge is 0.334 e. The number of carbonyl (C=O) groups excluding carboxylic acids is 12. The van der Waals surface area contributed by atoms with Gasteiger partial charge in [-0.15, -0.1) is 0 Å². The normalized spacial score (nSPS) is 21.6. The number of aliphatic hydroxyl groups is 2. The van der Waals surface area contributed by atoms with E-state index in [-0.39, 0.29) is 62.3 Å². The van der Waals surface area contributed by atoms with Gasteiger partial charge in [-0.05, 0) is 118 Å². The Kier molecular flexibility index (Phi) is 38.6. The molecule has 2 aromatic rings. The number of primary amides is 1. The van der Waals surface area contributed by atoms with Crippen molar-refractivity contribution in [3.8, 4) is 11.5 Å². The molecule has 32 heteroatoms. The summed E-state index contributed by atoms with van der Waals surface area (Å²) in [6.45, 7) is 11.7. The van der Waals surface area contributed by atoms with Crippen LogP contribution in [0.5, 0.6) is 11.5 Å². The highest BCUT2D eigenvalue weighted by Crippen LogP contribution is 2.24. The second-order valence-corrected chi connectivity index (χ2v) is 28.8. The third kappa shape index (κ3) is 31.8. The van der Waals surface area contributed by atoms with E-state index in [0.717, 1.165) is 43.9 Å². The predicted molar refractivity (Wildman–Crippen MR) is 388 cm³/mol. The zero-order valence-corrected chi connectivity index (χ0v) is 62.1. The van der Waals surface area contributed by atoms with Gasteiger partial charge in [-0.25, -0.2) is 4.79 Å². The van der Waals surface area contributed by atoms with Crippen LogP contribution in [0.4, 0.5) is 0 Å². The van der Waals surface area contributed by atoms with E-state index >= 15 is 0 Å². The van der Waals surface area contributed by atoms with Gasteiger partial charge in [0.25, 0.3) is 0 Å². The number of esters is 1. The van der Waals surface area contributed by atoms with Gasteiger partial charge in [-0.2, -0.15) is 0 Å². The summed E-state index contributed by atoms with van der Waals surface area (Å²) in [7, 11) is 0. The fraction of sp³-hybridized carbons (Fsp3) is 0.649. The van der Waals surface area contributed by atoms with E-state index in [1.165, 1.54) is 74.2 Å². The van der Waals surface area contributed by atoms with Crippen molar-refractivity contribution in [3.63, 3.8) is 0 Å². The number of carboxylic acid groups (broad SMARTS) is 2. The summed E-state index contributed by atoms with van der Waals surface area (Å²) in [4.78, 5) is 196. The molecule has 0 saturated carbocycles. The highest BCUT2D eigenvalue weighted by Gasteiger charge is 2.42. The summed E-state index contributed by atoms with van der Waals surface area (Å²) in [5.41, 5.74) is 12.0. The molecule has 3 aliphatic heterocycles. The van der Waals surface area contributed by atoms with Crippen molar-refractivity contribution in [3.05, 3.63) is 59.7 Å². The van der Waals surface area contributed by atoms with Crippen molar-refractivity contribution in [1.29, 1.82) is 0 Å². The Morgan fingerprint density at radius 2 is 1.09 bits per heavy atom. The van der Waals surface area contributed by atoms with Gasteiger partial charge >= 0.3 is 17.9 Å². The number of aliphatic carboxylic acids is 2. The number of nitrogens with zero attached hydrogens (tertiary/aromatic N) is 1. The molecule has 32 nitrogen and oxygen atoms in total. The lowest BCUT2D eigenvalue weighted by Crippen LogP contribution is -2.62. The summed E-state index contributed by atoms with van der Waals surface area (Å²) in [6, 6.07) is -4.95. The number of phenolic OH excluding ortho intramolecular Hbond substituents is 1. The fourth-order valence-corrected chi connectivity index (χ4v) is 12.4. The minimum Gasteiger partial charge on any atom is -0.508 e. The van der Waals surface area contributed by atoms with Crippen LogP contribution in [-0.2, 0) is 80.0 Å². The molecular formula is C74H114N12O20. The zero-order chi connectivity index (χ0) is 78.7. The summed E-state index contributed by atoms with van der Waals surface area (Å²) in [6.07, 6.45) is 3.75. The quantitative estimate of drug-likeness (QED) is 0.0199. The van der Waals surface area contributed by atoms with Gasteiger partial charge in [0.1, 0.15) is 71.9 Å². The second-order valence-electron chi connectivity index (χ2n) is 28.8. The molecule has 1 fully saturated rings. The maximum atomic E-state index is 14.9. The summed E-state index contributed by atoms with van der Waals surface area (Å²) in [5, 5.41) is 74.4. The highest BCUT2D eigenvalue weighted by atomic mass is 16.5. The number of hydrogen-bond donors (Lipinski definition) is 16. The van der Waals surface area contributed by atoms with Gasteiger partial charge in [-0.3, -0.25) is 62.3 Å². The molecule has 590 valence electrons. The van der Waals surface area contributed by atoms with Crippen LogP contribution >= 0.6 is 0 Å². The molecular weight excluding hydrogens is 1380 g/mol. The minimum absolute atomic E-state index is 0.0237. The molecule has 106 heavy (non-hydrogen) atoms. The maximum absolute atomic E-state index is 14.9. The van der Waals surface area contributed by atoms with E-state index < -0.39 is 219 Å². The van der Waals surface area contributed by atoms with E-state index in [1.807, 2.05) is 0 Å². The number of aromatic hydroxyl groups is 1. The molecule has 3 heterocycles. The van der Waals surface area contributed by atoms with Gasteiger partial charge in [0.05, 0.1) is 18.6 Å². The molecule has 2 aromatic carbocycles. The lowest BCUT2D eigenvalue weighted by molar-refractivity contribution is -0.144. The summed E-state index contributed by atoms with van der Waals surface area (Å²) < 4.78 is 5.77. The van der Waals surface area contributed by atoms with E-state index in [9.17, 15) is 92.7 Å². The Labute approximate surface area is 619 Å². The van der Waals surface area contributed by atoms with Crippen LogP contribution in [0.25, 0.3) is 0 Å². The van der Waals surface area contributed by atoms with E-state index in [4.69, 9.17) is 16.2 Å². The van der Waals surface area contributed by atoms with Gasteiger partial charge < -0.3 is 94.5 Å². The van der Waals surface area contributed by atoms with Crippen LogP contribution in [0.2, 0.25) is 0 Å². The molecule has 12 atom stereocenters. The highest BCUT2D eigenvalue weighted by molar-refractivity contribution is 6.00. The number of nitrogens with one attached hydrogen (secondary N) is 9. The number of rotatable bonds is 36. The van der Waals surface area contributed by atoms with Crippen LogP contribution in [0.1, 0.15) is 201 Å². The molecule has 0 radical (unpaired) electrons. The number of carboxylic acids is 2. The monoisotopic (exact) mass is 1490 g/mol. The topological polar surface area (TPSA) is 513 Å². The second kappa shape index (κ2) is 45.9. The molecule has 0 spiro atoms. The predicted octanol–water partition coefficient (Wildman–Crippen LogP) is 1.58. The Balaban J connectivity index is 1.75. The lowest BCUT2D eigenvalue weighted by atomic mass is 10.00. The number of ether oxygens (including phenoxy) is 1. The van der Waals surface area contributed by atoms with Crippen molar-refractivity contribution in [1.82, 2.24) is 52.8 Å². The van der Waals surface area contributed by atoms with E-state index in [0.29, 0.717) is 24.3 Å². The first-order valence-electron chi connectivity index (χ1n) is 37.1. The number of unbranched alkanes of at least 4 members (excludes halogenated alkanes) is 8. The Morgan fingerprint density at radius 3 is 1.66 bits per heavy atom. The number of hydrogen-bond acceptors (Lipinski definition) is 19. The van der Waals surface area contributed by atoms with Crippen molar-refractivity contribution in [2.75, 3.05) is 13.1 Å². The Morgan fingerprint density at radius 1 is 0.566 bits per heavy atom. The molecule has 18 N–H and O–H groups in total. The van der Waals surface area contributed by atoms with E-state index in [1.54, 1.807) is 27.7 Å². The van der Waals surface area contributed by atoms with Crippen LogP contribution in [0.3, 0.4) is 0 Å². The van der Waals surface area contributed by atoms with Crippen molar-refractivity contribution in [2.24, 2.45) is 29.2 Å². The van der Waals surface area contributed by atoms with Gasteiger partial charge in [-0.1, -0.05) is 130 Å². The molecule has 1 saturated heterocycles. The van der Waals surface area contributed by atoms with Gasteiger partial charge in [0.15, 0.2) is 0 Å². The number of amides is 11. The molecule has 5 rings (SSSR count). The van der Waals surface area contributed by atoms with Crippen molar-refractivity contribution in [2.45, 2.75) is 275 Å². The standard InChI is InChI=1S/C74H114N12O20/c1-42(2)19-15-13-11-9-8-10-12-14-16-20-49(89)41-59(91)77-52(32-35-60(92)93)66(97)78-51(21-17-37-75)65(96)81-56-40-47-25-29-50(30-26-47)106-74(105)63(44(5)6)84-69(100)55(39-46-23-27-48(88)28-24-46)82-67(98)53(31-34-58(76)90)79-71(102)57-22-18-38-86(57)73(104)62(43(3)4)83-68(99)54(33-36-61(94)95)80-72(103)64(45(7)87)85-70(56)101/h23-30,42-45,49,51-57,62-64,87-89H,8-22,31-41,75H2,1-7H3,(H2,76,90)(H,77,91)(H,78,97)(H,79,102)(H,80,103)(H,81,96)(H,82,98)(H,83,99)(H,84,100)(H,85,101)(H,92,93)(H,94,95)/t45-,49?,51+,52+,53+,54+,55+,56+,57+,62-,63+,64+/m1/s1. The molecule has 1 unspecified atom stereocenters. The largest absolute Gasteiger partial charge is 0.508 e. The Bertz CT molecular complexity index is 3260. The number of nitrogens with two attached hydrogens (primary N) is 2. The third-order valence-electron chi connectivity index (χ3n) is 18.5. The van der Waals surface area contributed by atoms with Crippen molar-refractivity contribution < 1.29 is 97.4 Å². The third-order valence-corrected chi connectivity index (χ3v) is 18.5. The van der Waals surface area contributed by atoms with Crippen LogP contribution in [-0.4, -0.2) is 199 Å². The first-order chi connectivity index (χ1) is 50.2. The lowest BCUT2D eigenvalue weighted by Gasteiger charge is -2.32. The van der Waals surface area contributed by atoms with Crippen LogP contribution in [0, 0.1) is 17.8 Å². The van der Waals surface area contributed by atoms with Crippen LogP contribution < -0.4 is 64.1 Å². The van der Waals surface area contributed by atoms with Gasteiger partial charge in [0.2, 0.25) is 65.0 Å². The minimum atomic E-state index is -1.99.